The van der Waals surface area contributed by atoms with Crippen molar-refractivity contribution in [2.45, 2.75) is 33.4 Å². The zero-order valence-electron chi connectivity index (χ0n) is 12.7. The molecule has 6 heteroatoms. The quantitative estimate of drug-likeness (QED) is 0.737. The van der Waals surface area contributed by atoms with Crippen LogP contribution in [0.5, 0.6) is 0 Å². The van der Waals surface area contributed by atoms with E-state index in [1.54, 1.807) is 6.26 Å². The van der Waals surface area contributed by atoms with Crippen molar-refractivity contribution >= 4 is 5.65 Å². The third-order valence-electron chi connectivity index (χ3n) is 3.82. The number of rotatable bonds is 4. The summed E-state index contributed by atoms with van der Waals surface area (Å²) < 4.78 is 6.80. The normalized spacial score (nSPS) is 13.2. The number of nitrogens with zero attached hydrogens (tertiary/aromatic N) is 5. The monoisotopic (exact) mass is 285 g/mol. The first kappa shape index (κ1) is 13.8. The maximum absolute atomic E-state index is 4.92. The minimum absolute atomic E-state index is 0.171. The van der Waals surface area contributed by atoms with E-state index in [4.69, 9.17) is 4.52 Å². The van der Waals surface area contributed by atoms with E-state index in [0.29, 0.717) is 0 Å². The smallest absolute Gasteiger partial charge is 0.159 e. The predicted molar refractivity (Wildman–Crippen MR) is 78.8 cm³/mol. The summed E-state index contributed by atoms with van der Waals surface area (Å²) in [6, 6.07) is 4.10. The van der Waals surface area contributed by atoms with E-state index in [1.165, 1.54) is 0 Å². The van der Waals surface area contributed by atoms with Crippen LogP contribution < -0.4 is 0 Å². The summed E-state index contributed by atoms with van der Waals surface area (Å²) in [4.78, 5) is 6.81. The van der Waals surface area contributed by atoms with Crippen LogP contribution in [0.3, 0.4) is 0 Å². The first-order valence-corrected chi connectivity index (χ1v) is 6.97. The van der Waals surface area contributed by atoms with Gasteiger partial charge in [0.25, 0.3) is 0 Å². The number of hydrogen-bond acceptors (Lipinski definition) is 5. The van der Waals surface area contributed by atoms with Gasteiger partial charge in [-0.3, -0.25) is 4.90 Å². The first-order valence-electron chi connectivity index (χ1n) is 6.97. The molecule has 3 heterocycles. The van der Waals surface area contributed by atoms with E-state index in [-0.39, 0.29) is 6.04 Å². The van der Waals surface area contributed by atoms with Crippen LogP contribution in [-0.2, 0) is 6.54 Å². The Labute approximate surface area is 123 Å². The zero-order chi connectivity index (χ0) is 15.0. The Balaban J connectivity index is 1.88. The molecule has 0 bridgehead atoms. The lowest BCUT2D eigenvalue weighted by molar-refractivity contribution is 0.241. The highest BCUT2D eigenvalue weighted by atomic mass is 16.5. The lowest BCUT2D eigenvalue weighted by Crippen LogP contribution is -2.22. The molecule has 1 unspecified atom stereocenters. The summed E-state index contributed by atoms with van der Waals surface area (Å²) in [5.74, 6) is 0. The molecule has 0 aromatic carbocycles. The molecule has 1 atom stereocenters. The molecule has 3 aromatic heterocycles. The molecule has 3 aromatic rings. The van der Waals surface area contributed by atoms with Crippen LogP contribution in [0.4, 0.5) is 0 Å². The minimum atomic E-state index is 0.171. The Bertz CT molecular complexity index is 747. The van der Waals surface area contributed by atoms with Gasteiger partial charge >= 0.3 is 0 Å². The summed E-state index contributed by atoms with van der Waals surface area (Å²) in [5, 5.41) is 8.43. The van der Waals surface area contributed by atoms with Crippen LogP contribution in [0.25, 0.3) is 5.65 Å². The Morgan fingerprint density at radius 2 is 2.19 bits per heavy atom. The SMILES string of the molecule is Cc1cc(C)n2ncc(CN(C)C(C)c3ccon3)c2n1. The molecule has 6 nitrogen and oxygen atoms in total. The van der Waals surface area contributed by atoms with Crippen LogP contribution in [0.2, 0.25) is 0 Å². The lowest BCUT2D eigenvalue weighted by atomic mass is 10.2. The molecule has 3 rings (SSSR count). The third-order valence-corrected chi connectivity index (χ3v) is 3.82. The van der Waals surface area contributed by atoms with Crippen LogP contribution in [-0.4, -0.2) is 31.7 Å². The van der Waals surface area contributed by atoms with Gasteiger partial charge in [0, 0.05) is 29.6 Å². The van der Waals surface area contributed by atoms with Crippen LogP contribution in [0.15, 0.2) is 29.1 Å². The first-order chi connectivity index (χ1) is 10.1. The van der Waals surface area contributed by atoms with Crippen molar-refractivity contribution in [3.05, 3.63) is 47.2 Å². The Morgan fingerprint density at radius 1 is 1.38 bits per heavy atom. The third kappa shape index (κ3) is 2.54. The second-order valence-electron chi connectivity index (χ2n) is 5.46. The van der Waals surface area contributed by atoms with Crippen molar-refractivity contribution in [1.29, 1.82) is 0 Å². The summed E-state index contributed by atoms with van der Waals surface area (Å²) in [5.41, 5.74) is 5.06. The molecule has 0 saturated carbocycles. The van der Waals surface area contributed by atoms with Gasteiger partial charge in [0.15, 0.2) is 5.65 Å². The Hall–Kier alpha value is -2.21. The number of aromatic nitrogens is 4. The molecule has 21 heavy (non-hydrogen) atoms. The minimum Gasteiger partial charge on any atom is -0.364 e. The Kier molecular flexibility index (Phi) is 3.47. The van der Waals surface area contributed by atoms with Gasteiger partial charge in [-0.15, -0.1) is 0 Å². The van der Waals surface area contributed by atoms with Gasteiger partial charge in [0.1, 0.15) is 12.0 Å². The van der Waals surface area contributed by atoms with Crippen molar-refractivity contribution in [3.8, 4) is 0 Å². The molecule has 0 aliphatic heterocycles. The average molecular weight is 285 g/mol. The topological polar surface area (TPSA) is 59.5 Å². The van der Waals surface area contributed by atoms with Crippen molar-refractivity contribution in [2.75, 3.05) is 7.05 Å². The van der Waals surface area contributed by atoms with Crippen LogP contribution in [0.1, 0.15) is 35.6 Å². The van der Waals surface area contributed by atoms with Gasteiger partial charge < -0.3 is 4.52 Å². The second-order valence-corrected chi connectivity index (χ2v) is 5.46. The summed E-state index contributed by atoms with van der Waals surface area (Å²) in [6.45, 7) is 6.91. The molecule has 0 aliphatic carbocycles. The van der Waals surface area contributed by atoms with Gasteiger partial charge in [-0.25, -0.2) is 9.50 Å². The lowest BCUT2D eigenvalue weighted by Gasteiger charge is -2.22. The molecule has 0 aliphatic rings. The van der Waals surface area contributed by atoms with E-state index < -0.39 is 0 Å². The van der Waals surface area contributed by atoms with Gasteiger partial charge in [0.2, 0.25) is 0 Å². The zero-order valence-corrected chi connectivity index (χ0v) is 12.7. The van der Waals surface area contributed by atoms with E-state index in [0.717, 1.165) is 34.8 Å². The van der Waals surface area contributed by atoms with Crippen LogP contribution in [0, 0.1) is 13.8 Å². The molecule has 0 amide bonds. The highest BCUT2D eigenvalue weighted by molar-refractivity contribution is 5.47. The van der Waals surface area contributed by atoms with Crippen molar-refractivity contribution in [3.63, 3.8) is 0 Å². The molecular weight excluding hydrogens is 266 g/mol. The summed E-state index contributed by atoms with van der Waals surface area (Å²) >= 11 is 0. The van der Waals surface area contributed by atoms with Gasteiger partial charge in [0.05, 0.1) is 12.2 Å². The summed E-state index contributed by atoms with van der Waals surface area (Å²) in [7, 11) is 2.06. The summed E-state index contributed by atoms with van der Waals surface area (Å²) in [6.07, 6.45) is 3.49. The second kappa shape index (κ2) is 5.29. The van der Waals surface area contributed by atoms with Gasteiger partial charge in [-0.2, -0.15) is 5.10 Å². The average Bonchev–Trinajstić information content (AvgIpc) is 3.08. The highest BCUT2D eigenvalue weighted by Crippen LogP contribution is 2.21. The van der Waals surface area contributed by atoms with Crippen molar-refractivity contribution in [2.24, 2.45) is 0 Å². The van der Waals surface area contributed by atoms with E-state index in [2.05, 4.69) is 34.1 Å². The Morgan fingerprint density at radius 3 is 2.90 bits per heavy atom. The van der Waals surface area contributed by atoms with Gasteiger partial charge in [-0.05, 0) is 33.9 Å². The van der Waals surface area contributed by atoms with E-state index >= 15 is 0 Å². The van der Waals surface area contributed by atoms with E-state index in [9.17, 15) is 0 Å². The number of fused-ring (bicyclic) bond motifs is 1. The fourth-order valence-corrected chi connectivity index (χ4v) is 2.50. The van der Waals surface area contributed by atoms with Crippen molar-refractivity contribution < 1.29 is 4.52 Å². The molecule has 0 spiro atoms. The largest absolute Gasteiger partial charge is 0.364 e. The fourth-order valence-electron chi connectivity index (χ4n) is 2.50. The maximum Gasteiger partial charge on any atom is 0.159 e. The number of hydrogen-bond donors (Lipinski definition) is 0. The fraction of sp³-hybridized carbons (Fsp3) is 0.400. The molecule has 0 N–H and O–H groups in total. The highest BCUT2D eigenvalue weighted by Gasteiger charge is 2.17. The molecule has 110 valence electrons. The molecule has 0 fully saturated rings. The van der Waals surface area contributed by atoms with E-state index in [1.807, 2.05) is 36.7 Å². The molecular formula is C15H19N5O. The van der Waals surface area contributed by atoms with Crippen LogP contribution >= 0.6 is 0 Å². The molecule has 0 radical (unpaired) electrons. The van der Waals surface area contributed by atoms with Crippen molar-refractivity contribution in [1.82, 2.24) is 24.7 Å². The standard InChI is InChI=1S/C15H19N5O/c1-10-7-11(2)20-15(17-10)13(8-16-20)9-19(4)12(3)14-5-6-21-18-14/h5-8,12H,9H2,1-4H3. The number of aryl methyl sites for hydroxylation is 2. The predicted octanol–water partition coefficient (Wildman–Crippen LogP) is 2.53. The molecule has 0 saturated heterocycles. The maximum atomic E-state index is 4.92. The van der Waals surface area contributed by atoms with Gasteiger partial charge in [-0.1, -0.05) is 5.16 Å².